The summed E-state index contributed by atoms with van der Waals surface area (Å²) in [4.78, 5) is 1.34. The lowest BCUT2D eigenvalue weighted by molar-refractivity contribution is 0.0441. The Hall–Kier alpha value is -0.510. The van der Waals surface area contributed by atoms with E-state index in [1.807, 2.05) is 11.8 Å². The van der Waals surface area contributed by atoms with Crippen molar-refractivity contribution in [3.8, 4) is 0 Å². The number of thioether (sulfide) groups is 1. The molecule has 1 aliphatic heterocycles. The van der Waals surface area contributed by atoms with Gasteiger partial charge < -0.3 is 10.1 Å². The van der Waals surface area contributed by atoms with Crippen LogP contribution in [0.5, 0.6) is 0 Å². The average Bonchev–Trinajstić information content (AvgIpc) is 2.28. The third kappa shape index (κ3) is 3.52. The maximum absolute atomic E-state index is 5.65. The van der Waals surface area contributed by atoms with Crippen LogP contribution in [0.4, 0.5) is 0 Å². The number of rotatable bonds is 3. The molecule has 1 aromatic rings. The SMILES string of the molecule is Cc1cccc(SCC2CNCCO2)c1. The van der Waals surface area contributed by atoms with Crippen LogP contribution in [0, 0.1) is 6.92 Å². The van der Waals surface area contributed by atoms with E-state index in [0.717, 1.165) is 25.4 Å². The Morgan fingerprint density at radius 2 is 2.47 bits per heavy atom. The van der Waals surface area contributed by atoms with Gasteiger partial charge in [-0.05, 0) is 19.1 Å². The van der Waals surface area contributed by atoms with Gasteiger partial charge in [-0.3, -0.25) is 0 Å². The third-order valence-electron chi connectivity index (χ3n) is 2.43. The van der Waals surface area contributed by atoms with Crippen molar-refractivity contribution in [3.05, 3.63) is 29.8 Å². The van der Waals surface area contributed by atoms with Gasteiger partial charge >= 0.3 is 0 Å². The molecule has 1 N–H and O–H groups in total. The monoisotopic (exact) mass is 223 g/mol. The second-order valence-electron chi connectivity index (χ2n) is 3.82. The zero-order valence-corrected chi connectivity index (χ0v) is 9.85. The van der Waals surface area contributed by atoms with Crippen molar-refractivity contribution in [1.82, 2.24) is 5.32 Å². The fourth-order valence-electron chi connectivity index (χ4n) is 1.62. The van der Waals surface area contributed by atoms with Gasteiger partial charge in [0.05, 0.1) is 12.7 Å². The Labute approximate surface area is 95.4 Å². The summed E-state index contributed by atoms with van der Waals surface area (Å²) in [6, 6.07) is 8.62. The van der Waals surface area contributed by atoms with Gasteiger partial charge in [0, 0.05) is 23.7 Å². The third-order valence-corrected chi connectivity index (χ3v) is 3.56. The number of aryl methyl sites for hydroxylation is 1. The number of nitrogens with one attached hydrogen (secondary N) is 1. The first-order chi connectivity index (χ1) is 7.34. The Kier molecular flexibility index (Phi) is 4.06. The Balaban J connectivity index is 1.81. The zero-order chi connectivity index (χ0) is 10.5. The first kappa shape index (κ1) is 11.0. The topological polar surface area (TPSA) is 21.3 Å². The quantitative estimate of drug-likeness (QED) is 0.793. The highest BCUT2D eigenvalue weighted by Gasteiger charge is 2.13. The number of ether oxygens (including phenoxy) is 1. The van der Waals surface area contributed by atoms with E-state index in [-0.39, 0.29) is 0 Å². The molecule has 3 heteroatoms. The largest absolute Gasteiger partial charge is 0.375 e. The molecule has 15 heavy (non-hydrogen) atoms. The van der Waals surface area contributed by atoms with Crippen molar-refractivity contribution in [2.24, 2.45) is 0 Å². The minimum absolute atomic E-state index is 0.365. The lowest BCUT2D eigenvalue weighted by atomic mass is 10.2. The highest BCUT2D eigenvalue weighted by molar-refractivity contribution is 7.99. The summed E-state index contributed by atoms with van der Waals surface area (Å²) in [5.74, 6) is 1.04. The van der Waals surface area contributed by atoms with Gasteiger partial charge in [-0.1, -0.05) is 17.7 Å². The molecule has 2 rings (SSSR count). The van der Waals surface area contributed by atoms with Crippen molar-refractivity contribution >= 4 is 11.8 Å². The summed E-state index contributed by atoms with van der Waals surface area (Å²) in [7, 11) is 0. The molecule has 82 valence electrons. The molecule has 1 atom stereocenters. The summed E-state index contributed by atoms with van der Waals surface area (Å²) in [5, 5.41) is 3.34. The van der Waals surface area contributed by atoms with Crippen LogP contribution in [0.2, 0.25) is 0 Å². The molecule has 0 radical (unpaired) electrons. The molecule has 1 aromatic carbocycles. The van der Waals surface area contributed by atoms with Gasteiger partial charge in [0.1, 0.15) is 0 Å². The Bertz CT molecular complexity index is 310. The predicted molar refractivity (Wildman–Crippen MR) is 64.5 cm³/mol. The van der Waals surface area contributed by atoms with Crippen LogP contribution >= 0.6 is 11.8 Å². The smallest absolute Gasteiger partial charge is 0.0793 e. The maximum atomic E-state index is 5.65. The highest BCUT2D eigenvalue weighted by Crippen LogP contribution is 2.20. The van der Waals surface area contributed by atoms with E-state index in [1.165, 1.54) is 10.5 Å². The van der Waals surface area contributed by atoms with Crippen molar-refractivity contribution in [1.29, 1.82) is 0 Å². The number of morpholine rings is 1. The fourth-order valence-corrected chi connectivity index (χ4v) is 2.66. The fraction of sp³-hybridized carbons (Fsp3) is 0.500. The lowest BCUT2D eigenvalue weighted by Gasteiger charge is -2.23. The zero-order valence-electron chi connectivity index (χ0n) is 9.03. The second-order valence-corrected chi connectivity index (χ2v) is 4.92. The summed E-state index contributed by atoms with van der Waals surface area (Å²) in [5.41, 5.74) is 1.32. The number of hydrogen-bond donors (Lipinski definition) is 1. The number of benzene rings is 1. The van der Waals surface area contributed by atoms with E-state index >= 15 is 0 Å². The van der Waals surface area contributed by atoms with E-state index in [0.29, 0.717) is 6.10 Å². The molecule has 1 heterocycles. The normalized spacial score (nSPS) is 21.5. The van der Waals surface area contributed by atoms with E-state index < -0.39 is 0 Å². The van der Waals surface area contributed by atoms with E-state index in [1.54, 1.807) is 0 Å². The average molecular weight is 223 g/mol. The van der Waals surface area contributed by atoms with Gasteiger partial charge in [0.25, 0.3) is 0 Å². The van der Waals surface area contributed by atoms with Crippen molar-refractivity contribution < 1.29 is 4.74 Å². The van der Waals surface area contributed by atoms with Gasteiger partial charge in [0.15, 0.2) is 0 Å². The molecule has 0 bridgehead atoms. The van der Waals surface area contributed by atoms with Gasteiger partial charge in [-0.25, -0.2) is 0 Å². The van der Waals surface area contributed by atoms with Crippen molar-refractivity contribution in [3.63, 3.8) is 0 Å². The maximum Gasteiger partial charge on any atom is 0.0793 e. The van der Waals surface area contributed by atoms with Crippen LogP contribution in [-0.2, 0) is 4.74 Å². The molecule has 0 spiro atoms. The second kappa shape index (κ2) is 5.54. The van der Waals surface area contributed by atoms with E-state index in [2.05, 4.69) is 36.5 Å². The summed E-state index contributed by atoms with van der Waals surface area (Å²) in [6.45, 7) is 4.95. The van der Waals surface area contributed by atoms with Crippen molar-refractivity contribution in [2.45, 2.75) is 17.9 Å². The van der Waals surface area contributed by atoms with Gasteiger partial charge in [-0.15, -0.1) is 11.8 Å². The molecule has 2 nitrogen and oxygen atoms in total. The molecule has 1 saturated heterocycles. The molecular formula is C12H17NOS. The standard InChI is InChI=1S/C12H17NOS/c1-10-3-2-4-12(7-10)15-9-11-8-13-5-6-14-11/h2-4,7,11,13H,5-6,8-9H2,1H3. The number of hydrogen-bond acceptors (Lipinski definition) is 3. The lowest BCUT2D eigenvalue weighted by Crippen LogP contribution is -2.39. The summed E-state index contributed by atoms with van der Waals surface area (Å²) < 4.78 is 5.65. The predicted octanol–water partition coefficient (Wildman–Crippen LogP) is 2.08. The highest BCUT2D eigenvalue weighted by atomic mass is 32.2. The summed E-state index contributed by atoms with van der Waals surface area (Å²) >= 11 is 1.88. The molecule has 1 aliphatic rings. The van der Waals surface area contributed by atoms with Crippen LogP contribution in [-0.4, -0.2) is 31.6 Å². The molecule has 0 saturated carbocycles. The van der Waals surface area contributed by atoms with Crippen LogP contribution in [0.15, 0.2) is 29.2 Å². The first-order valence-electron chi connectivity index (χ1n) is 5.36. The van der Waals surface area contributed by atoms with Crippen molar-refractivity contribution in [2.75, 3.05) is 25.4 Å². The van der Waals surface area contributed by atoms with Crippen LogP contribution < -0.4 is 5.32 Å². The van der Waals surface area contributed by atoms with E-state index in [4.69, 9.17) is 4.74 Å². The van der Waals surface area contributed by atoms with Gasteiger partial charge in [0.2, 0.25) is 0 Å². The van der Waals surface area contributed by atoms with Crippen LogP contribution in [0.25, 0.3) is 0 Å². The minimum Gasteiger partial charge on any atom is -0.375 e. The summed E-state index contributed by atoms with van der Waals surface area (Å²) in [6.07, 6.45) is 0.365. The Morgan fingerprint density at radius 1 is 1.53 bits per heavy atom. The van der Waals surface area contributed by atoms with Crippen LogP contribution in [0.1, 0.15) is 5.56 Å². The molecule has 0 aromatic heterocycles. The minimum atomic E-state index is 0.365. The van der Waals surface area contributed by atoms with Crippen LogP contribution in [0.3, 0.4) is 0 Å². The Morgan fingerprint density at radius 3 is 3.20 bits per heavy atom. The molecule has 1 fully saturated rings. The van der Waals surface area contributed by atoms with Gasteiger partial charge in [-0.2, -0.15) is 0 Å². The first-order valence-corrected chi connectivity index (χ1v) is 6.35. The molecular weight excluding hydrogens is 206 g/mol. The molecule has 0 aliphatic carbocycles. The van der Waals surface area contributed by atoms with E-state index in [9.17, 15) is 0 Å². The molecule has 1 unspecified atom stereocenters. The molecule has 0 amide bonds.